The van der Waals surface area contributed by atoms with Gasteiger partial charge in [-0.1, -0.05) is 24.3 Å². The topological polar surface area (TPSA) is 88.2 Å². The zero-order valence-corrected chi connectivity index (χ0v) is 21.3. The van der Waals surface area contributed by atoms with Crippen molar-refractivity contribution in [3.05, 3.63) is 109 Å². The molecule has 0 aliphatic rings. The van der Waals surface area contributed by atoms with Crippen molar-refractivity contribution in [1.82, 2.24) is 19.1 Å². The second kappa shape index (κ2) is 12.8. The van der Waals surface area contributed by atoms with Crippen LogP contribution in [0.5, 0.6) is 11.5 Å². The van der Waals surface area contributed by atoms with Crippen molar-refractivity contribution in [2.45, 2.75) is 26.4 Å². The lowest BCUT2D eigenvalue weighted by molar-refractivity contribution is 0.0961. The molecule has 8 heteroatoms. The molecule has 0 aliphatic carbocycles. The van der Waals surface area contributed by atoms with Crippen LogP contribution in [0.2, 0.25) is 0 Å². The molecule has 2 heterocycles. The maximum atomic E-state index is 11.7. The van der Waals surface area contributed by atoms with Crippen LogP contribution in [-0.4, -0.2) is 43.6 Å². The van der Waals surface area contributed by atoms with E-state index in [4.69, 9.17) is 9.47 Å². The Balaban J connectivity index is 0.000000208. The highest BCUT2D eigenvalue weighted by molar-refractivity contribution is 5.94. The number of carbonyl (C=O) groups excluding carboxylic acids is 2. The molecule has 0 saturated heterocycles. The number of hydrogen-bond acceptors (Lipinski definition) is 6. The third-order valence-corrected chi connectivity index (χ3v) is 4.77. The van der Waals surface area contributed by atoms with E-state index in [1.807, 2.05) is 69.3 Å². The van der Waals surface area contributed by atoms with Gasteiger partial charge in [0.15, 0.2) is 0 Å². The summed E-state index contributed by atoms with van der Waals surface area (Å²) >= 11 is 0. The van der Waals surface area contributed by atoms with Gasteiger partial charge in [-0.3, -0.25) is 18.7 Å². The molecule has 0 spiro atoms. The minimum Gasteiger partial charge on any atom is -0.497 e. The highest BCUT2D eigenvalue weighted by atomic mass is 16.5. The van der Waals surface area contributed by atoms with E-state index in [9.17, 15) is 9.59 Å². The monoisotopic (exact) mass is 498 g/mol. The van der Waals surface area contributed by atoms with Gasteiger partial charge in [0.05, 0.1) is 7.11 Å². The van der Waals surface area contributed by atoms with Crippen molar-refractivity contribution in [3.63, 3.8) is 0 Å². The van der Waals surface area contributed by atoms with Gasteiger partial charge < -0.3 is 9.47 Å². The van der Waals surface area contributed by atoms with Crippen LogP contribution < -0.4 is 9.47 Å². The van der Waals surface area contributed by atoms with Crippen LogP contribution in [0, 0.1) is 0 Å². The summed E-state index contributed by atoms with van der Waals surface area (Å²) in [6, 6.07) is 15.1. The summed E-state index contributed by atoms with van der Waals surface area (Å²) in [6.45, 7) is 6.01. The third-order valence-electron chi connectivity index (χ3n) is 4.77. The first-order valence-corrected chi connectivity index (χ1v) is 11.6. The summed E-state index contributed by atoms with van der Waals surface area (Å²) in [5.74, 6) is 1.36. The van der Waals surface area contributed by atoms with E-state index in [-0.39, 0.29) is 17.4 Å². The predicted octanol–water partition coefficient (Wildman–Crippen LogP) is 5.66. The number of ether oxygens (including phenoxy) is 2. The molecule has 37 heavy (non-hydrogen) atoms. The minimum atomic E-state index is -0.214. The molecule has 0 bridgehead atoms. The Morgan fingerprint density at radius 1 is 0.730 bits per heavy atom. The Bertz CT molecular complexity index is 1310. The summed E-state index contributed by atoms with van der Waals surface area (Å²) in [4.78, 5) is 31.0. The molecule has 2 aromatic heterocycles. The van der Waals surface area contributed by atoms with Crippen LogP contribution in [0.1, 0.15) is 41.5 Å². The molecule has 0 N–H and O–H groups in total. The lowest BCUT2D eigenvalue weighted by atomic mass is 10.1. The first kappa shape index (κ1) is 26.9. The van der Waals surface area contributed by atoms with Gasteiger partial charge in [0.2, 0.25) is 0 Å². The molecule has 2 aromatic carbocycles. The molecule has 0 amide bonds. The van der Waals surface area contributed by atoms with Crippen LogP contribution in [0.15, 0.2) is 98.1 Å². The van der Waals surface area contributed by atoms with Gasteiger partial charge in [-0.15, -0.1) is 0 Å². The average molecular weight is 499 g/mol. The van der Waals surface area contributed by atoms with Crippen molar-refractivity contribution in [2.24, 2.45) is 0 Å². The third kappa shape index (κ3) is 9.10. The molecule has 0 fully saturated rings. The van der Waals surface area contributed by atoms with Gasteiger partial charge in [0, 0.05) is 36.9 Å². The van der Waals surface area contributed by atoms with Crippen molar-refractivity contribution >= 4 is 24.0 Å². The molecule has 4 rings (SSSR count). The Labute approximate surface area is 216 Å². The van der Waals surface area contributed by atoms with Crippen LogP contribution in [0.4, 0.5) is 0 Å². The fourth-order valence-electron chi connectivity index (χ4n) is 3.00. The van der Waals surface area contributed by atoms with Crippen molar-refractivity contribution in [1.29, 1.82) is 0 Å². The maximum absolute atomic E-state index is 11.7. The molecule has 0 aliphatic heterocycles. The quantitative estimate of drug-likeness (QED) is 0.319. The van der Waals surface area contributed by atoms with Crippen molar-refractivity contribution in [2.75, 3.05) is 7.11 Å². The summed E-state index contributed by atoms with van der Waals surface area (Å²) in [5.41, 5.74) is 1.67. The Morgan fingerprint density at radius 3 is 1.51 bits per heavy atom. The van der Waals surface area contributed by atoms with Crippen LogP contribution in [0.25, 0.3) is 12.2 Å². The van der Waals surface area contributed by atoms with Gasteiger partial charge in [0.25, 0.3) is 11.8 Å². The molecule has 8 nitrogen and oxygen atoms in total. The van der Waals surface area contributed by atoms with Crippen molar-refractivity contribution in [3.8, 4) is 11.5 Å². The SMILES string of the molecule is CC(C)(C)Oc1ccc(/C=C/C(=O)n2ccnc2)cc1.COc1ccc(/C=C/C(=O)n2ccnc2)cc1. The highest BCUT2D eigenvalue weighted by Crippen LogP contribution is 2.19. The molecular weight excluding hydrogens is 468 g/mol. The first-order chi connectivity index (χ1) is 17.7. The second-order valence-electron chi connectivity index (χ2n) is 8.84. The lowest BCUT2D eigenvalue weighted by Crippen LogP contribution is -2.22. The van der Waals surface area contributed by atoms with Crippen molar-refractivity contribution < 1.29 is 19.1 Å². The molecule has 0 unspecified atom stereocenters. The van der Waals surface area contributed by atoms with Crippen LogP contribution >= 0.6 is 0 Å². The molecule has 0 atom stereocenters. The van der Waals surface area contributed by atoms with Crippen LogP contribution in [-0.2, 0) is 0 Å². The normalized spacial score (nSPS) is 11.2. The number of nitrogens with zero attached hydrogens (tertiary/aromatic N) is 4. The number of benzene rings is 2. The van der Waals surface area contributed by atoms with E-state index >= 15 is 0 Å². The smallest absolute Gasteiger partial charge is 0.255 e. The summed E-state index contributed by atoms with van der Waals surface area (Å²) in [5, 5.41) is 0. The van der Waals surface area contributed by atoms with Crippen LogP contribution in [0.3, 0.4) is 0 Å². The average Bonchev–Trinajstić information content (AvgIpc) is 3.62. The zero-order valence-electron chi connectivity index (χ0n) is 21.3. The number of methoxy groups -OCH3 is 1. The summed E-state index contributed by atoms with van der Waals surface area (Å²) in [7, 11) is 1.62. The molecule has 190 valence electrons. The van der Waals surface area contributed by atoms with Gasteiger partial charge in [-0.25, -0.2) is 9.97 Å². The van der Waals surface area contributed by atoms with E-state index in [1.54, 1.807) is 44.0 Å². The van der Waals surface area contributed by atoms with E-state index in [1.165, 1.54) is 33.9 Å². The predicted molar refractivity (Wildman–Crippen MR) is 144 cm³/mol. The standard InChI is InChI=1S/C16H18N2O2.C13H12N2O2/c1-16(2,3)20-14-7-4-13(5-8-14)6-9-15(19)18-11-10-17-12-18;1-17-12-5-2-11(3-6-12)4-7-13(16)15-9-8-14-10-15/h4-12H,1-3H3;2-10H,1H3/b9-6+;7-4+. The van der Waals surface area contributed by atoms with Gasteiger partial charge in [-0.05, 0) is 68.3 Å². The zero-order chi connectivity index (χ0) is 26.7. The largest absolute Gasteiger partial charge is 0.497 e. The fourth-order valence-corrected chi connectivity index (χ4v) is 3.00. The summed E-state index contributed by atoms with van der Waals surface area (Å²) < 4.78 is 13.6. The number of imidazole rings is 2. The number of allylic oxidation sites excluding steroid dienone is 2. The number of rotatable bonds is 6. The van der Waals surface area contributed by atoms with E-state index < -0.39 is 0 Å². The minimum absolute atomic E-state index is 0.127. The second-order valence-corrected chi connectivity index (χ2v) is 8.84. The molecule has 0 saturated carbocycles. The van der Waals surface area contributed by atoms with E-state index in [2.05, 4.69) is 9.97 Å². The molecule has 0 radical (unpaired) electrons. The fraction of sp³-hybridized carbons (Fsp3) is 0.172. The number of aromatic nitrogens is 4. The Kier molecular flexibility index (Phi) is 9.32. The number of carbonyl (C=O) groups is 2. The summed E-state index contributed by atoms with van der Waals surface area (Å²) in [6.07, 6.45) is 15.9. The van der Waals surface area contributed by atoms with Gasteiger partial charge >= 0.3 is 0 Å². The molecular formula is C29H30N4O4. The van der Waals surface area contributed by atoms with Gasteiger partial charge in [0.1, 0.15) is 29.8 Å². The van der Waals surface area contributed by atoms with Gasteiger partial charge in [-0.2, -0.15) is 0 Å². The number of hydrogen-bond donors (Lipinski definition) is 0. The first-order valence-electron chi connectivity index (χ1n) is 11.6. The maximum Gasteiger partial charge on any atom is 0.255 e. The Hall–Kier alpha value is -4.72. The Morgan fingerprint density at radius 2 is 1.16 bits per heavy atom. The lowest BCUT2D eigenvalue weighted by Gasteiger charge is -2.21. The van der Waals surface area contributed by atoms with E-state index in [0.717, 1.165) is 22.6 Å². The van der Waals surface area contributed by atoms with E-state index in [0.29, 0.717) is 0 Å². The molecule has 4 aromatic rings. The highest BCUT2D eigenvalue weighted by Gasteiger charge is 2.11.